The molecule has 2 amide bonds. The molecular formula is C35H36Cl2FN7O3. The van der Waals surface area contributed by atoms with Crippen molar-refractivity contribution in [3.05, 3.63) is 87.9 Å². The number of nitrogens with one attached hydrogen (secondary N) is 5. The molecule has 5 N–H and O–H groups in total. The zero-order chi connectivity index (χ0) is 33.6. The van der Waals surface area contributed by atoms with Crippen LogP contribution < -0.4 is 31.3 Å². The Morgan fingerprint density at radius 1 is 0.854 bits per heavy atom. The molecule has 2 fully saturated rings. The van der Waals surface area contributed by atoms with Crippen LogP contribution in [0.3, 0.4) is 0 Å². The maximum absolute atomic E-state index is 15.5. The number of anilines is 2. The van der Waals surface area contributed by atoms with Gasteiger partial charge in [-0.15, -0.1) is 0 Å². The van der Waals surface area contributed by atoms with Gasteiger partial charge in [0.2, 0.25) is 11.8 Å². The fourth-order valence-corrected chi connectivity index (χ4v) is 6.58. The number of hydrogen-bond donors (Lipinski definition) is 5. The quantitative estimate of drug-likeness (QED) is 0.120. The molecule has 0 spiro atoms. The molecule has 0 bridgehead atoms. The van der Waals surface area contributed by atoms with Gasteiger partial charge in [0.15, 0.2) is 11.6 Å². The van der Waals surface area contributed by atoms with Crippen molar-refractivity contribution < 1.29 is 18.7 Å². The van der Waals surface area contributed by atoms with Gasteiger partial charge < -0.3 is 31.3 Å². The third-order valence-electron chi connectivity index (χ3n) is 8.54. The summed E-state index contributed by atoms with van der Waals surface area (Å²) >= 11 is 13.9. The van der Waals surface area contributed by atoms with Crippen molar-refractivity contribution in [2.45, 2.75) is 50.9 Å². The van der Waals surface area contributed by atoms with Crippen LogP contribution in [-0.2, 0) is 22.7 Å². The highest BCUT2D eigenvalue weighted by Crippen LogP contribution is 2.41. The Balaban J connectivity index is 1.17. The van der Waals surface area contributed by atoms with Crippen molar-refractivity contribution in [1.82, 2.24) is 31.2 Å². The minimum Gasteiger partial charge on any atom is -0.496 e. The first-order valence-electron chi connectivity index (χ1n) is 15.8. The van der Waals surface area contributed by atoms with Gasteiger partial charge in [0.05, 0.1) is 28.5 Å². The Kier molecular flexibility index (Phi) is 10.7. The topological polar surface area (TPSA) is 129 Å². The lowest BCUT2D eigenvalue weighted by Crippen LogP contribution is -2.35. The third kappa shape index (κ3) is 7.71. The lowest BCUT2D eigenvalue weighted by atomic mass is 10.0. The second kappa shape index (κ2) is 15.3. The number of ether oxygens (including phenoxy) is 1. The second-order valence-corrected chi connectivity index (χ2v) is 12.6. The molecular weight excluding hydrogens is 656 g/mol. The summed E-state index contributed by atoms with van der Waals surface area (Å²) in [5.74, 6) is 0.356. The number of methoxy groups -OCH3 is 1. The molecule has 0 radical (unpaired) electrons. The largest absolute Gasteiger partial charge is 0.496 e. The summed E-state index contributed by atoms with van der Waals surface area (Å²) in [6.07, 6.45) is 5.87. The van der Waals surface area contributed by atoms with E-state index in [9.17, 15) is 9.59 Å². The Bertz CT molecular complexity index is 1830. The number of carbonyl (C=O) groups excluding carboxylic acids is 2. The summed E-state index contributed by atoms with van der Waals surface area (Å²) in [5.41, 5.74) is 4.48. The van der Waals surface area contributed by atoms with Gasteiger partial charge in [-0.2, -0.15) is 0 Å². The van der Waals surface area contributed by atoms with E-state index in [-0.39, 0.29) is 36.3 Å². The molecule has 13 heteroatoms. The molecule has 10 nitrogen and oxygen atoms in total. The fourth-order valence-electron chi connectivity index (χ4n) is 5.99. The van der Waals surface area contributed by atoms with E-state index in [1.807, 2.05) is 24.3 Å². The first-order chi connectivity index (χ1) is 23.3. The average molecular weight is 693 g/mol. The molecule has 4 aromatic rings. The van der Waals surface area contributed by atoms with E-state index < -0.39 is 5.82 Å². The van der Waals surface area contributed by atoms with Crippen molar-refractivity contribution >= 4 is 46.5 Å². The fraction of sp³-hybridized carbons (Fsp3) is 0.314. The van der Waals surface area contributed by atoms with E-state index in [4.69, 9.17) is 27.9 Å². The van der Waals surface area contributed by atoms with Crippen molar-refractivity contribution in [1.29, 1.82) is 0 Å². The van der Waals surface area contributed by atoms with E-state index in [1.54, 1.807) is 37.6 Å². The average Bonchev–Trinajstić information content (AvgIpc) is 3.70. The normalized spacial score (nSPS) is 17.3. The number of nitrogens with zero attached hydrogens (tertiary/aromatic N) is 2. The van der Waals surface area contributed by atoms with Crippen LogP contribution in [0.5, 0.6) is 5.75 Å². The minimum atomic E-state index is -0.496. The molecule has 0 unspecified atom stereocenters. The summed E-state index contributed by atoms with van der Waals surface area (Å²) in [7, 11) is 1.62. The van der Waals surface area contributed by atoms with Gasteiger partial charge in [0.1, 0.15) is 5.75 Å². The molecule has 4 heterocycles. The van der Waals surface area contributed by atoms with Crippen molar-refractivity contribution in [2.24, 2.45) is 0 Å². The van der Waals surface area contributed by atoms with Crippen LogP contribution in [0.25, 0.3) is 22.4 Å². The maximum atomic E-state index is 15.5. The van der Waals surface area contributed by atoms with E-state index in [0.717, 1.165) is 24.0 Å². The molecule has 48 heavy (non-hydrogen) atoms. The summed E-state index contributed by atoms with van der Waals surface area (Å²) in [4.78, 5) is 31.7. The zero-order valence-corrected chi connectivity index (χ0v) is 27.8. The van der Waals surface area contributed by atoms with Gasteiger partial charge in [-0.3, -0.25) is 14.6 Å². The van der Waals surface area contributed by atoms with Crippen molar-refractivity contribution in [3.63, 3.8) is 0 Å². The number of rotatable bonds is 13. The summed E-state index contributed by atoms with van der Waals surface area (Å²) in [6.45, 7) is 2.08. The van der Waals surface area contributed by atoms with Gasteiger partial charge in [0, 0.05) is 91.3 Å². The molecule has 2 aromatic carbocycles. The Labute approximate surface area is 288 Å². The van der Waals surface area contributed by atoms with Gasteiger partial charge in [-0.1, -0.05) is 47.5 Å². The predicted octanol–water partition coefficient (Wildman–Crippen LogP) is 5.75. The van der Waals surface area contributed by atoms with Gasteiger partial charge in [-0.05, 0) is 37.1 Å². The van der Waals surface area contributed by atoms with E-state index >= 15 is 4.39 Å². The number of halogens is 3. The Hall–Kier alpha value is -4.29. The van der Waals surface area contributed by atoms with Gasteiger partial charge >= 0.3 is 0 Å². The molecule has 250 valence electrons. The summed E-state index contributed by atoms with van der Waals surface area (Å²) in [6, 6.07) is 14.8. The van der Waals surface area contributed by atoms with Gasteiger partial charge in [-0.25, -0.2) is 9.37 Å². The van der Waals surface area contributed by atoms with Crippen LogP contribution in [0.1, 0.15) is 36.8 Å². The number of hydrogen-bond acceptors (Lipinski definition) is 8. The SMILES string of the molecule is COc1cc(-c2nccc(-c3cccc(Nc4nccc(CNC[C@@H]5CCC(=O)N5)c4F)c3Cl)c2Cl)ccc1CNC[C@H]1CCC(=O)N1. The minimum absolute atomic E-state index is 0.0405. The lowest BCUT2D eigenvalue weighted by molar-refractivity contribution is -0.120. The second-order valence-electron chi connectivity index (χ2n) is 11.8. The first-order valence-corrected chi connectivity index (χ1v) is 16.6. The first kappa shape index (κ1) is 33.6. The highest BCUT2D eigenvalue weighted by molar-refractivity contribution is 6.39. The van der Waals surface area contributed by atoms with Crippen LogP contribution in [-0.4, -0.2) is 54.1 Å². The van der Waals surface area contributed by atoms with Crippen LogP contribution in [0.2, 0.25) is 10.0 Å². The Morgan fingerprint density at radius 2 is 1.52 bits per heavy atom. The van der Waals surface area contributed by atoms with Crippen LogP contribution in [0.4, 0.5) is 15.9 Å². The monoisotopic (exact) mass is 691 g/mol. The molecule has 2 aliphatic heterocycles. The van der Waals surface area contributed by atoms with Crippen LogP contribution >= 0.6 is 23.2 Å². The molecule has 2 atom stereocenters. The molecule has 0 saturated carbocycles. The number of amides is 2. The van der Waals surface area contributed by atoms with E-state index in [1.165, 1.54) is 6.20 Å². The van der Waals surface area contributed by atoms with Crippen molar-refractivity contribution in [2.75, 3.05) is 25.5 Å². The zero-order valence-electron chi connectivity index (χ0n) is 26.3. The number of carbonyl (C=O) groups is 2. The number of benzene rings is 2. The lowest BCUT2D eigenvalue weighted by Gasteiger charge is -2.16. The highest BCUT2D eigenvalue weighted by atomic mass is 35.5. The maximum Gasteiger partial charge on any atom is 0.220 e. The predicted molar refractivity (Wildman–Crippen MR) is 185 cm³/mol. The highest BCUT2D eigenvalue weighted by Gasteiger charge is 2.22. The Morgan fingerprint density at radius 3 is 2.19 bits per heavy atom. The number of pyridine rings is 2. The standard InChI is InChI=1S/C35H36Cl2FN7O3/c1-48-28-15-20(5-6-21(28)16-39-18-23-7-9-29(46)43-23)34-32(37)26(12-14-41-34)25-3-2-4-27(31(25)36)45-35-33(38)22(11-13-42-35)17-40-19-24-8-10-30(47)44-24/h2-6,11-15,23-24,39-40H,7-10,16-19H2,1H3,(H,42,45)(H,43,46)(H,44,47)/t23-,24+/m1/s1. The van der Waals surface area contributed by atoms with Crippen LogP contribution in [0.15, 0.2) is 60.9 Å². The third-order valence-corrected chi connectivity index (χ3v) is 9.33. The van der Waals surface area contributed by atoms with Crippen molar-refractivity contribution in [3.8, 4) is 28.1 Å². The summed E-state index contributed by atoms with van der Waals surface area (Å²) in [5, 5.41) is 16.3. The smallest absolute Gasteiger partial charge is 0.220 e. The van der Waals surface area contributed by atoms with Crippen LogP contribution in [0, 0.1) is 5.82 Å². The molecule has 2 aliphatic rings. The summed E-state index contributed by atoms with van der Waals surface area (Å²) < 4.78 is 21.2. The molecule has 6 rings (SSSR count). The number of aromatic nitrogens is 2. The molecule has 2 saturated heterocycles. The van der Waals surface area contributed by atoms with E-state index in [2.05, 4.69) is 36.6 Å². The van der Waals surface area contributed by atoms with Gasteiger partial charge in [0.25, 0.3) is 0 Å². The van der Waals surface area contributed by atoms with E-state index in [0.29, 0.717) is 76.3 Å². The molecule has 0 aliphatic carbocycles. The molecule has 2 aromatic heterocycles.